The lowest BCUT2D eigenvalue weighted by Crippen LogP contribution is -2.36. The van der Waals surface area contributed by atoms with Crippen LogP contribution in [0.15, 0.2) is 16.7 Å². The molecule has 1 aromatic heterocycles. The number of fused-ring (bicyclic) bond motifs is 2. The summed E-state index contributed by atoms with van der Waals surface area (Å²) in [6.45, 7) is 2.80. The zero-order chi connectivity index (χ0) is 13.4. The van der Waals surface area contributed by atoms with Crippen molar-refractivity contribution in [3.05, 3.63) is 23.7 Å². The monoisotopic (exact) mass is 263 g/mol. The Bertz CT molecular complexity index is 468. The predicted molar refractivity (Wildman–Crippen MR) is 70.9 cm³/mol. The van der Waals surface area contributed by atoms with Gasteiger partial charge in [0.1, 0.15) is 0 Å². The number of carbonyl (C=O) groups is 1. The fourth-order valence-electron chi connectivity index (χ4n) is 3.99. The van der Waals surface area contributed by atoms with E-state index in [2.05, 4.69) is 12.2 Å². The van der Waals surface area contributed by atoms with Gasteiger partial charge in [-0.3, -0.25) is 0 Å². The Labute approximate surface area is 113 Å². The molecule has 2 N–H and O–H groups in total. The first-order valence-electron chi connectivity index (χ1n) is 7.18. The Hall–Kier alpha value is -1.29. The quantitative estimate of drug-likeness (QED) is 0.857. The molecule has 1 heterocycles. The van der Waals surface area contributed by atoms with Crippen LogP contribution in [0.1, 0.15) is 48.7 Å². The summed E-state index contributed by atoms with van der Waals surface area (Å²) < 4.78 is 4.99. The van der Waals surface area contributed by atoms with Crippen LogP contribution in [-0.2, 0) is 6.54 Å². The number of hydrogen-bond acceptors (Lipinski definition) is 3. The third-order valence-electron chi connectivity index (χ3n) is 4.99. The minimum atomic E-state index is -0.991. The van der Waals surface area contributed by atoms with E-state index in [9.17, 15) is 4.79 Å². The molecule has 0 aliphatic heterocycles. The van der Waals surface area contributed by atoms with E-state index < -0.39 is 5.97 Å². The number of carboxylic acids is 1. The van der Waals surface area contributed by atoms with Crippen molar-refractivity contribution in [3.8, 4) is 0 Å². The molecule has 19 heavy (non-hydrogen) atoms. The average Bonchev–Trinajstić information content (AvgIpc) is 3.10. The second-order valence-electron chi connectivity index (χ2n) is 6.09. The molecule has 4 nitrogen and oxygen atoms in total. The average molecular weight is 263 g/mol. The molecule has 2 aliphatic rings. The number of carboxylic acid groups (broad SMARTS) is 1. The predicted octanol–water partition coefficient (Wildman–Crippen LogP) is 2.89. The van der Waals surface area contributed by atoms with Crippen LogP contribution in [-0.4, -0.2) is 17.1 Å². The van der Waals surface area contributed by atoms with Gasteiger partial charge < -0.3 is 14.8 Å². The molecule has 2 bridgehead atoms. The molecule has 104 valence electrons. The number of furan rings is 1. The van der Waals surface area contributed by atoms with E-state index >= 15 is 0 Å². The zero-order valence-electron chi connectivity index (χ0n) is 11.3. The maximum atomic E-state index is 11.0. The van der Waals surface area contributed by atoms with Crippen LogP contribution in [0, 0.1) is 17.8 Å². The van der Waals surface area contributed by atoms with Crippen LogP contribution in [0.2, 0.25) is 0 Å². The Morgan fingerprint density at radius 2 is 2.37 bits per heavy atom. The number of rotatable bonds is 5. The SMILES string of the molecule is CC(NCc1ccoc1C(=O)O)C1CC2CCC1C2. The number of nitrogens with one attached hydrogen (secondary N) is 1. The summed E-state index contributed by atoms with van der Waals surface area (Å²) in [7, 11) is 0. The van der Waals surface area contributed by atoms with Crippen molar-refractivity contribution < 1.29 is 14.3 Å². The van der Waals surface area contributed by atoms with Gasteiger partial charge in [-0.25, -0.2) is 4.79 Å². The maximum absolute atomic E-state index is 11.0. The van der Waals surface area contributed by atoms with Gasteiger partial charge in [0.25, 0.3) is 0 Å². The molecule has 0 saturated heterocycles. The van der Waals surface area contributed by atoms with Gasteiger partial charge in [-0.2, -0.15) is 0 Å². The minimum Gasteiger partial charge on any atom is -0.475 e. The van der Waals surface area contributed by atoms with Crippen molar-refractivity contribution >= 4 is 5.97 Å². The molecule has 2 aliphatic carbocycles. The van der Waals surface area contributed by atoms with E-state index in [-0.39, 0.29) is 5.76 Å². The molecule has 3 rings (SSSR count). The highest BCUT2D eigenvalue weighted by atomic mass is 16.4. The van der Waals surface area contributed by atoms with Gasteiger partial charge in [-0.15, -0.1) is 0 Å². The van der Waals surface area contributed by atoms with Gasteiger partial charge in [0.2, 0.25) is 5.76 Å². The summed E-state index contributed by atoms with van der Waals surface area (Å²) in [5.74, 6) is 1.67. The maximum Gasteiger partial charge on any atom is 0.372 e. The minimum absolute atomic E-state index is 0.0626. The highest BCUT2D eigenvalue weighted by Crippen LogP contribution is 2.49. The summed E-state index contributed by atoms with van der Waals surface area (Å²) in [4.78, 5) is 11.0. The van der Waals surface area contributed by atoms with Crippen LogP contribution >= 0.6 is 0 Å². The Morgan fingerprint density at radius 1 is 1.53 bits per heavy atom. The third kappa shape index (κ3) is 2.41. The lowest BCUT2D eigenvalue weighted by Gasteiger charge is -2.28. The van der Waals surface area contributed by atoms with E-state index in [0.29, 0.717) is 12.6 Å². The van der Waals surface area contributed by atoms with E-state index in [0.717, 1.165) is 23.3 Å². The molecular weight excluding hydrogens is 242 g/mol. The second kappa shape index (κ2) is 5.00. The molecule has 1 aromatic rings. The summed E-state index contributed by atoms with van der Waals surface area (Å²) in [6, 6.07) is 2.19. The van der Waals surface area contributed by atoms with Gasteiger partial charge in [-0.05, 0) is 50.0 Å². The van der Waals surface area contributed by atoms with Crippen molar-refractivity contribution in [2.45, 2.75) is 45.2 Å². The standard InChI is InChI=1S/C15H21NO3/c1-9(13-7-10-2-3-11(13)6-10)16-8-12-4-5-19-14(12)15(17)18/h4-5,9-11,13,16H,2-3,6-8H2,1H3,(H,17,18). The van der Waals surface area contributed by atoms with E-state index in [1.165, 1.54) is 31.9 Å². The van der Waals surface area contributed by atoms with Crippen molar-refractivity contribution in [3.63, 3.8) is 0 Å². The molecule has 2 fully saturated rings. The smallest absolute Gasteiger partial charge is 0.372 e. The molecule has 0 aromatic carbocycles. The Kier molecular flexibility index (Phi) is 3.35. The van der Waals surface area contributed by atoms with Crippen LogP contribution in [0.3, 0.4) is 0 Å². The lowest BCUT2D eigenvalue weighted by atomic mass is 9.84. The first-order valence-corrected chi connectivity index (χ1v) is 7.18. The fourth-order valence-corrected chi connectivity index (χ4v) is 3.99. The molecular formula is C15H21NO3. The van der Waals surface area contributed by atoms with E-state index in [1.54, 1.807) is 6.07 Å². The lowest BCUT2D eigenvalue weighted by molar-refractivity contribution is 0.0660. The van der Waals surface area contributed by atoms with Crippen LogP contribution < -0.4 is 5.32 Å². The normalized spacial score (nSPS) is 30.7. The second-order valence-corrected chi connectivity index (χ2v) is 6.09. The number of hydrogen-bond donors (Lipinski definition) is 2. The highest BCUT2D eigenvalue weighted by Gasteiger charge is 2.41. The molecule has 0 spiro atoms. The summed E-state index contributed by atoms with van der Waals surface area (Å²) >= 11 is 0. The molecule has 2 saturated carbocycles. The van der Waals surface area contributed by atoms with Crippen molar-refractivity contribution in [2.75, 3.05) is 0 Å². The Morgan fingerprint density at radius 3 is 3.00 bits per heavy atom. The molecule has 4 heteroatoms. The van der Waals surface area contributed by atoms with Crippen LogP contribution in [0.4, 0.5) is 0 Å². The topological polar surface area (TPSA) is 62.5 Å². The molecule has 4 unspecified atom stereocenters. The summed E-state index contributed by atoms with van der Waals surface area (Å²) in [5.41, 5.74) is 0.738. The first-order chi connectivity index (χ1) is 9.15. The largest absolute Gasteiger partial charge is 0.475 e. The van der Waals surface area contributed by atoms with E-state index in [1.807, 2.05) is 0 Å². The highest BCUT2D eigenvalue weighted by molar-refractivity contribution is 5.86. The third-order valence-corrected chi connectivity index (χ3v) is 4.99. The van der Waals surface area contributed by atoms with Gasteiger partial charge in [0.15, 0.2) is 0 Å². The molecule has 0 amide bonds. The fraction of sp³-hybridized carbons (Fsp3) is 0.667. The first kappa shape index (κ1) is 12.7. The van der Waals surface area contributed by atoms with Crippen molar-refractivity contribution in [1.29, 1.82) is 0 Å². The van der Waals surface area contributed by atoms with Crippen molar-refractivity contribution in [1.82, 2.24) is 5.32 Å². The molecule has 0 radical (unpaired) electrons. The van der Waals surface area contributed by atoms with Gasteiger partial charge in [0, 0.05) is 18.2 Å². The van der Waals surface area contributed by atoms with Crippen LogP contribution in [0.5, 0.6) is 0 Å². The van der Waals surface area contributed by atoms with Gasteiger partial charge >= 0.3 is 5.97 Å². The molecule has 4 atom stereocenters. The summed E-state index contributed by atoms with van der Waals surface area (Å²) in [6.07, 6.45) is 6.99. The Balaban J connectivity index is 1.57. The van der Waals surface area contributed by atoms with Gasteiger partial charge in [0.05, 0.1) is 6.26 Å². The summed E-state index contributed by atoms with van der Waals surface area (Å²) in [5, 5.41) is 12.5. The van der Waals surface area contributed by atoms with Gasteiger partial charge in [-0.1, -0.05) is 6.42 Å². The zero-order valence-corrected chi connectivity index (χ0v) is 11.3. The van der Waals surface area contributed by atoms with E-state index in [4.69, 9.17) is 9.52 Å². The number of aromatic carboxylic acids is 1. The van der Waals surface area contributed by atoms with Crippen LogP contribution in [0.25, 0.3) is 0 Å². The van der Waals surface area contributed by atoms with Crippen molar-refractivity contribution in [2.24, 2.45) is 17.8 Å².